The van der Waals surface area contributed by atoms with E-state index < -0.39 is 0 Å². The summed E-state index contributed by atoms with van der Waals surface area (Å²) in [5.74, 6) is 0. The predicted octanol–water partition coefficient (Wildman–Crippen LogP) is 4.24. The normalized spacial score (nSPS) is 12.4. The lowest BCUT2D eigenvalue weighted by molar-refractivity contribution is 0.574. The maximum atomic E-state index is 5.86. The average Bonchev–Trinajstić information content (AvgIpc) is 2.36. The summed E-state index contributed by atoms with van der Waals surface area (Å²) in [5.41, 5.74) is 2.28. The molecular weight excluding hydrogens is 267 g/mol. The number of benzene rings is 1. The van der Waals surface area contributed by atoms with E-state index in [1.807, 2.05) is 30.3 Å². The number of nitrogens with one attached hydrogen (secondary N) is 1. The van der Waals surface area contributed by atoms with Gasteiger partial charge in [0.05, 0.1) is 0 Å². The molecule has 2 nitrogen and oxygen atoms in total. The summed E-state index contributed by atoms with van der Waals surface area (Å²) in [6.45, 7) is 2.83. The first-order valence-electron chi connectivity index (χ1n) is 5.75. The van der Waals surface area contributed by atoms with Gasteiger partial charge in [-0.3, -0.25) is 0 Å². The van der Waals surface area contributed by atoms with E-state index in [2.05, 4.69) is 29.4 Å². The maximum Gasteiger partial charge on any atom is 0.131 e. The van der Waals surface area contributed by atoms with E-state index in [-0.39, 0.29) is 6.04 Å². The van der Waals surface area contributed by atoms with E-state index in [4.69, 9.17) is 23.2 Å². The highest BCUT2D eigenvalue weighted by molar-refractivity contribution is 6.32. The standard InChI is InChI=1S/C14H14Cl2N2/c1-10(12-5-3-2-4-6-12)17-9-11-7-13(15)18-14(16)8-11/h2-8,10,17H,9H2,1H3. The fraction of sp³-hybridized carbons (Fsp3) is 0.214. The zero-order valence-corrected chi connectivity index (χ0v) is 11.5. The van der Waals surface area contributed by atoms with Crippen LogP contribution in [0.2, 0.25) is 10.3 Å². The lowest BCUT2D eigenvalue weighted by atomic mass is 10.1. The van der Waals surface area contributed by atoms with Gasteiger partial charge in [-0.2, -0.15) is 0 Å². The Bertz CT molecular complexity index is 494. The molecule has 0 saturated heterocycles. The van der Waals surface area contributed by atoms with Crippen LogP contribution in [0.5, 0.6) is 0 Å². The van der Waals surface area contributed by atoms with Crippen molar-refractivity contribution in [2.75, 3.05) is 0 Å². The zero-order chi connectivity index (χ0) is 13.0. The third-order valence-corrected chi connectivity index (χ3v) is 3.12. The number of aromatic nitrogens is 1. The molecule has 0 aliphatic carbocycles. The number of rotatable bonds is 4. The topological polar surface area (TPSA) is 24.9 Å². The van der Waals surface area contributed by atoms with Crippen molar-refractivity contribution >= 4 is 23.2 Å². The predicted molar refractivity (Wildman–Crippen MR) is 76.0 cm³/mol. The van der Waals surface area contributed by atoms with Gasteiger partial charge in [-0.1, -0.05) is 53.5 Å². The lowest BCUT2D eigenvalue weighted by Gasteiger charge is -2.14. The molecule has 0 aliphatic heterocycles. The van der Waals surface area contributed by atoms with Gasteiger partial charge < -0.3 is 5.32 Å². The van der Waals surface area contributed by atoms with Gasteiger partial charge in [-0.05, 0) is 30.2 Å². The van der Waals surface area contributed by atoms with Crippen LogP contribution in [0.1, 0.15) is 24.1 Å². The summed E-state index contributed by atoms with van der Waals surface area (Å²) < 4.78 is 0. The Kier molecular flexibility index (Phi) is 4.59. The molecule has 0 spiro atoms. The Hall–Kier alpha value is -1.09. The summed E-state index contributed by atoms with van der Waals surface area (Å²) in [6.07, 6.45) is 0. The first-order chi connectivity index (χ1) is 8.65. The monoisotopic (exact) mass is 280 g/mol. The fourth-order valence-corrected chi connectivity index (χ4v) is 2.25. The lowest BCUT2D eigenvalue weighted by Crippen LogP contribution is -2.18. The SMILES string of the molecule is CC(NCc1cc(Cl)nc(Cl)c1)c1ccccc1. The zero-order valence-electron chi connectivity index (χ0n) is 10.0. The molecule has 2 aromatic rings. The average molecular weight is 281 g/mol. The van der Waals surface area contributed by atoms with Crippen LogP contribution >= 0.6 is 23.2 Å². The fourth-order valence-electron chi connectivity index (χ4n) is 1.75. The van der Waals surface area contributed by atoms with Gasteiger partial charge in [0.25, 0.3) is 0 Å². The third kappa shape index (κ3) is 3.70. The molecule has 0 fully saturated rings. The summed E-state index contributed by atoms with van der Waals surface area (Å²) in [6, 6.07) is 14.2. The van der Waals surface area contributed by atoms with Crippen LogP contribution in [0.3, 0.4) is 0 Å². The second-order valence-electron chi connectivity index (χ2n) is 4.13. The molecule has 1 aromatic heterocycles. The largest absolute Gasteiger partial charge is 0.306 e. The van der Waals surface area contributed by atoms with E-state index in [9.17, 15) is 0 Å². The number of nitrogens with zero attached hydrogens (tertiary/aromatic N) is 1. The van der Waals surface area contributed by atoms with E-state index >= 15 is 0 Å². The first-order valence-corrected chi connectivity index (χ1v) is 6.51. The van der Waals surface area contributed by atoms with Crippen molar-refractivity contribution in [3.8, 4) is 0 Å². The van der Waals surface area contributed by atoms with Crippen molar-refractivity contribution < 1.29 is 0 Å². The molecule has 0 bridgehead atoms. The molecule has 1 heterocycles. The molecule has 0 amide bonds. The van der Waals surface area contributed by atoms with Gasteiger partial charge in [-0.25, -0.2) is 4.98 Å². The van der Waals surface area contributed by atoms with Gasteiger partial charge in [0, 0.05) is 12.6 Å². The molecule has 0 radical (unpaired) electrons. The van der Waals surface area contributed by atoms with Crippen LogP contribution in [0, 0.1) is 0 Å². The van der Waals surface area contributed by atoms with Crippen LogP contribution in [0.4, 0.5) is 0 Å². The second kappa shape index (κ2) is 6.19. The van der Waals surface area contributed by atoms with E-state index in [0.717, 1.165) is 5.56 Å². The Morgan fingerprint density at radius 2 is 1.72 bits per heavy atom. The smallest absolute Gasteiger partial charge is 0.131 e. The van der Waals surface area contributed by atoms with E-state index in [1.54, 1.807) is 0 Å². The van der Waals surface area contributed by atoms with E-state index in [1.165, 1.54) is 5.56 Å². The minimum atomic E-state index is 0.275. The highest BCUT2D eigenvalue weighted by atomic mass is 35.5. The Morgan fingerprint density at radius 1 is 1.11 bits per heavy atom. The Balaban J connectivity index is 1.99. The van der Waals surface area contributed by atoms with Gasteiger partial charge in [0.2, 0.25) is 0 Å². The van der Waals surface area contributed by atoms with Crippen LogP contribution < -0.4 is 5.32 Å². The van der Waals surface area contributed by atoms with Crippen molar-refractivity contribution in [2.45, 2.75) is 19.5 Å². The highest BCUT2D eigenvalue weighted by Crippen LogP contribution is 2.16. The van der Waals surface area contributed by atoms with Crippen LogP contribution in [-0.4, -0.2) is 4.98 Å². The van der Waals surface area contributed by atoms with Gasteiger partial charge in [-0.15, -0.1) is 0 Å². The number of pyridine rings is 1. The van der Waals surface area contributed by atoms with Crippen LogP contribution in [0.15, 0.2) is 42.5 Å². The van der Waals surface area contributed by atoms with E-state index in [0.29, 0.717) is 16.9 Å². The van der Waals surface area contributed by atoms with Crippen molar-refractivity contribution in [1.82, 2.24) is 10.3 Å². The molecule has 1 N–H and O–H groups in total. The quantitative estimate of drug-likeness (QED) is 0.848. The number of halogens is 2. The highest BCUT2D eigenvalue weighted by Gasteiger charge is 2.05. The molecule has 0 saturated carbocycles. The van der Waals surface area contributed by atoms with Crippen LogP contribution in [-0.2, 0) is 6.54 Å². The molecular formula is C14H14Cl2N2. The maximum absolute atomic E-state index is 5.86. The van der Waals surface area contributed by atoms with Crippen molar-refractivity contribution in [3.05, 3.63) is 63.9 Å². The van der Waals surface area contributed by atoms with Gasteiger partial charge >= 0.3 is 0 Å². The Morgan fingerprint density at radius 3 is 2.33 bits per heavy atom. The molecule has 94 valence electrons. The summed E-state index contributed by atoms with van der Waals surface area (Å²) in [4.78, 5) is 3.92. The molecule has 1 aromatic carbocycles. The minimum absolute atomic E-state index is 0.275. The molecule has 1 unspecified atom stereocenters. The minimum Gasteiger partial charge on any atom is -0.306 e. The third-order valence-electron chi connectivity index (χ3n) is 2.73. The second-order valence-corrected chi connectivity index (χ2v) is 4.91. The number of hydrogen-bond acceptors (Lipinski definition) is 2. The van der Waals surface area contributed by atoms with Crippen molar-refractivity contribution in [1.29, 1.82) is 0 Å². The molecule has 2 rings (SSSR count). The molecule has 0 aliphatic rings. The van der Waals surface area contributed by atoms with Crippen molar-refractivity contribution in [2.24, 2.45) is 0 Å². The number of hydrogen-bond donors (Lipinski definition) is 1. The molecule has 1 atom stereocenters. The Labute approximate surface area is 117 Å². The summed E-state index contributed by atoms with van der Waals surface area (Å²) in [5, 5.41) is 4.27. The van der Waals surface area contributed by atoms with Gasteiger partial charge in [0.15, 0.2) is 0 Å². The first kappa shape index (κ1) is 13.3. The van der Waals surface area contributed by atoms with Crippen molar-refractivity contribution in [3.63, 3.8) is 0 Å². The van der Waals surface area contributed by atoms with Crippen LogP contribution in [0.25, 0.3) is 0 Å². The van der Waals surface area contributed by atoms with Gasteiger partial charge in [0.1, 0.15) is 10.3 Å². The molecule has 4 heteroatoms. The summed E-state index contributed by atoms with van der Waals surface area (Å²) >= 11 is 11.7. The summed E-state index contributed by atoms with van der Waals surface area (Å²) in [7, 11) is 0. The molecule has 18 heavy (non-hydrogen) atoms.